The lowest BCUT2D eigenvalue weighted by Gasteiger charge is -2.10. The maximum atomic E-state index is 4.52. The lowest BCUT2D eigenvalue weighted by Crippen LogP contribution is -2.37. The highest BCUT2D eigenvalue weighted by Crippen LogP contribution is 1.93. The van der Waals surface area contributed by atoms with Gasteiger partial charge < -0.3 is 10.6 Å². The number of rotatable bonds is 8. The summed E-state index contributed by atoms with van der Waals surface area (Å²) in [5, 5.41) is 6.59. The Morgan fingerprint density at radius 1 is 0.938 bits per heavy atom. The Balaban J connectivity index is 0. The lowest BCUT2D eigenvalue weighted by molar-refractivity contribution is 0.705. The van der Waals surface area contributed by atoms with Gasteiger partial charge in [-0.15, -0.1) is 24.0 Å². The van der Waals surface area contributed by atoms with Crippen LogP contribution in [-0.4, -0.2) is 25.6 Å². The molecule has 0 saturated carbocycles. The molecular formula is C12H28IN3. The quantitative estimate of drug-likeness (QED) is 0.308. The molecule has 0 atom stereocenters. The van der Waals surface area contributed by atoms with E-state index in [0.717, 1.165) is 25.6 Å². The van der Waals surface area contributed by atoms with Gasteiger partial charge in [-0.2, -0.15) is 0 Å². The van der Waals surface area contributed by atoms with Gasteiger partial charge in [0, 0.05) is 19.6 Å². The average molecular weight is 341 g/mol. The Labute approximate surface area is 118 Å². The van der Waals surface area contributed by atoms with Gasteiger partial charge in [0.05, 0.1) is 0 Å². The van der Waals surface area contributed by atoms with Gasteiger partial charge in [0.15, 0.2) is 5.96 Å². The van der Waals surface area contributed by atoms with Crippen LogP contribution in [0.1, 0.15) is 52.9 Å². The van der Waals surface area contributed by atoms with Crippen LogP contribution in [0.25, 0.3) is 0 Å². The van der Waals surface area contributed by atoms with E-state index >= 15 is 0 Å². The second-order valence-corrected chi connectivity index (χ2v) is 3.75. The average Bonchev–Trinajstić information content (AvgIpc) is 2.24. The number of nitrogens with zero attached hydrogens (tertiary/aromatic N) is 1. The molecular weight excluding hydrogens is 313 g/mol. The molecule has 0 aromatic heterocycles. The molecule has 0 bridgehead atoms. The largest absolute Gasteiger partial charge is 0.357 e. The molecule has 0 aliphatic heterocycles. The first-order valence-corrected chi connectivity index (χ1v) is 6.37. The van der Waals surface area contributed by atoms with Gasteiger partial charge in [-0.1, -0.05) is 33.1 Å². The number of hydrogen-bond acceptors (Lipinski definition) is 1. The van der Waals surface area contributed by atoms with Crippen LogP contribution in [0.3, 0.4) is 0 Å². The predicted molar refractivity (Wildman–Crippen MR) is 83.8 cm³/mol. The third-order valence-electron chi connectivity index (χ3n) is 2.20. The molecule has 3 nitrogen and oxygen atoms in total. The summed E-state index contributed by atoms with van der Waals surface area (Å²) in [5.41, 5.74) is 0. The standard InChI is InChI=1S/C12H27N3.HI/c1-4-7-9-11-15-12(13-6-3)14-10-8-5-2;/h4-11H2,1-3H3,(H2,13,14,15);1H. The van der Waals surface area contributed by atoms with E-state index in [2.05, 4.69) is 36.4 Å². The van der Waals surface area contributed by atoms with Crippen LogP contribution in [-0.2, 0) is 0 Å². The zero-order valence-corrected chi connectivity index (χ0v) is 13.3. The molecule has 0 aliphatic rings. The molecule has 0 saturated heterocycles. The topological polar surface area (TPSA) is 36.4 Å². The van der Waals surface area contributed by atoms with E-state index in [1.165, 1.54) is 32.1 Å². The fourth-order valence-electron chi connectivity index (χ4n) is 1.28. The molecule has 98 valence electrons. The summed E-state index contributed by atoms with van der Waals surface area (Å²) >= 11 is 0. The van der Waals surface area contributed by atoms with E-state index < -0.39 is 0 Å². The second kappa shape index (κ2) is 15.0. The lowest BCUT2D eigenvalue weighted by atomic mass is 10.2. The fraction of sp³-hybridized carbons (Fsp3) is 0.917. The molecule has 0 spiro atoms. The van der Waals surface area contributed by atoms with Crippen molar-refractivity contribution in [1.82, 2.24) is 10.6 Å². The van der Waals surface area contributed by atoms with Crippen LogP contribution in [0.4, 0.5) is 0 Å². The summed E-state index contributed by atoms with van der Waals surface area (Å²) in [5.74, 6) is 0.974. The van der Waals surface area contributed by atoms with Crippen molar-refractivity contribution in [1.29, 1.82) is 0 Å². The Hall–Kier alpha value is 0. The SMILES string of the molecule is CCCCCN=C(NCC)NCCCC.I. The maximum absolute atomic E-state index is 4.52. The van der Waals surface area contributed by atoms with Crippen molar-refractivity contribution in [2.75, 3.05) is 19.6 Å². The molecule has 0 radical (unpaired) electrons. The van der Waals surface area contributed by atoms with Crippen LogP contribution in [0.2, 0.25) is 0 Å². The molecule has 0 aromatic carbocycles. The maximum Gasteiger partial charge on any atom is 0.191 e. The van der Waals surface area contributed by atoms with Crippen molar-refractivity contribution in [3.63, 3.8) is 0 Å². The summed E-state index contributed by atoms with van der Waals surface area (Å²) in [6.07, 6.45) is 6.16. The van der Waals surface area contributed by atoms with Crippen LogP contribution in [0.15, 0.2) is 4.99 Å². The van der Waals surface area contributed by atoms with Crippen molar-refractivity contribution in [2.24, 2.45) is 4.99 Å². The molecule has 16 heavy (non-hydrogen) atoms. The van der Waals surface area contributed by atoms with Gasteiger partial charge in [-0.25, -0.2) is 0 Å². The van der Waals surface area contributed by atoms with Crippen molar-refractivity contribution in [2.45, 2.75) is 52.9 Å². The van der Waals surface area contributed by atoms with Gasteiger partial charge in [0.2, 0.25) is 0 Å². The van der Waals surface area contributed by atoms with E-state index in [4.69, 9.17) is 0 Å². The van der Waals surface area contributed by atoms with Crippen molar-refractivity contribution in [3.05, 3.63) is 0 Å². The molecule has 0 fully saturated rings. The smallest absolute Gasteiger partial charge is 0.191 e. The first-order chi connectivity index (χ1) is 7.35. The molecule has 4 heteroatoms. The Morgan fingerprint density at radius 3 is 2.19 bits per heavy atom. The highest BCUT2D eigenvalue weighted by atomic mass is 127. The van der Waals surface area contributed by atoms with Gasteiger partial charge >= 0.3 is 0 Å². The molecule has 0 rings (SSSR count). The van der Waals surface area contributed by atoms with Crippen LogP contribution in [0.5, 0.6) is 0 Å². The van der Waals surface area contributed by atoms with Crippen LogP contribution >= 0.6 is 24.0 Å². The summed E-state index contributed by atoms with van der Waals surface area (Å²) in [7, 11) is 0. The molecule has 0 amide bonds. The number of hydrogen-bond donors (Lipinski definition) is 2. The monoisotopic (exact) mass is 341 g/mol. The number of halogens is 1. The predicted octanol–water partition coefficient (Wildman–Crippen LogP) is 3.15. The number of guanidine groups is 1. The van der Waals surface area contributed by atoms with Gasteiger partial charge in [0.1, 0.15) is 0 Å². The van der Waals surface area contributed by atoms with Gasteiger partial charge in [-0.05, 0) is 19.8 Å². The van der Waals surface area contributed by atoms with Gasteiger partial charge in [0.25, 0.3) is 0 Å². The Kier molecular flexibility index (Phi) is 17.2. The van der Waals surface area contributed by atoms with Crippen LogP contribution in [0, 0.1) is 0 Å². The first-order valence-electron chi connectivity index (χ1n) is 6.37. The third-order valence-corrected chi connectivity index (χ3v) is 2.20. The fourth-order valence-corrected chi connectivity index (χ4v) is 1.28. The molecule has 0 heterocycles. The van der Waals surface area contributed by atoms with Crippen molar-refractivity contribution in [3.8, 4) is 0 Å². The van der Waals surface area contributed by atoms with Crippen molar-refractivity contribution >= 4 is 29.9 Å². The second-order valence-electron chi connectivity index (χ2n) is 3.75. The Morgan fingerprint density at radius 2 is 1.62 bits per heavy atom. The third kappa shape index (κ3) is 12.1. The summed E-state index contributed by atoms with van der Waals surface area (Å²) in [6.45, 7) is 9.42. The minimum Gasteiger partial charge on any atom is -0.357 e. The zero-order chi connectivity index (χ0) is 11.4. The van der Waals surface area contributed by atoms with Gasteiger partial charge in [-0.3, -0.25) is 4.99 Å². The van der Waals surface area contributed by atoms with E-state index in [-0.39, 0.29) is 24.0 Å². The minimum atomic E-state index is 0. The molecule has 0 unspecified atom stereocenters. The number of aliphatic imine (C=N–C) groups is 1. The van der Waals surface area contributed by atoms with E-state index in [9.17, 15) is 0 Å². The normalized spacial score (nSPS) is 10.8. The van der Waals surface area contributed by atoms with Crippen molar-refractivity contribution < 1.29 is 0 Å². The number of nitrogens with one attached hydrogen (secondary N) is 2. The Bertz CT molecular complexity index is 160. The van der Waals surface area contributed by atoms with E-state index in [1.54, 1.807) is 0 Å². The highest BCUT2D eigenvalue weighted by molar-refractivity contribution is 14.0. The van der Waals surface area contributed by atoms with E-state index in [1.807, 2.05) is 0 Å². The zero-order valence-electron chi connectivity index (χ0n) is 11.0. The first kappa shape index (κ1) is 18.4. The number of unbranched alkanes of at least 4 members (excludes halogenated alkanes) is 3. The highest BCUT2D eigenvalue weighted by Gasteiger charge is 1.94. The molecule has 2 N–H and O–H groups in total. The summed E-state index contributed by atoms with van der Waals surface area (Å²) in [4.78, 5) is 4.52. The summed E-state index contributed by atoms with van der Waals surface area (Å²) < 4.78 is 0. The minimum absolute atomic E-state index is 0. The molecule has 0 aromatic rings. The van der Waals surface area contributed by atoms with Crippen LogP contribution < -0.4 is 10.6 Å². The van der Waals surface area contributed by atoms with E-state index in [0.29, 0.717) is 0 Å². The summed E-state index contributed by atoms with van der Waals surface area (Å²) in [6, 6.07) is 0. The molecule has 0 aliphatic carbocycles.